The second-order valence-electron chi connectivity index (χ2n) is 3.50. The van der Waals surface area contributed by atoms with E-state index in [-0.39, 0.29) is 29.6 Å². The predicted molar refractivity (Wildman–Crippen MR) is 55.8 cm³/mol. The summed E-state index contributed by atoms with van der Waals surface area (Å²) in [4.78, 5) is 25.3. The molecule has 0 spiro atoms. The molecular weight excluding hydrogens is 237 g/mol. The molecule has 0 heterocycles. The van der Waals surface area contributed by atoms with Crippen molar-refractivity contribution in [3.05, 3.63) is 0 Å². The molecule has 0 fully saturated rings. The molecule has 17 heavy (non-hydrogen) atoms. The molecule has 0 rings (SSSR count). The topological polar surface area (TPSA) is 128 Å². The van der Waals surface area contributed by atoms with Gasteiger partial charge in [-0.2, -0.15) is 0 Å². The van der Waals surface area contributed by atoms with Gasteiger partial charge in [-0.1, -0.05) is 0 Å². The predicted octanol–water partition coefficient (Wildman–Crippen LogP) is -4.93. The van der Waals surface area contributed by atoms with Gasteiger partial charge < -0.3 is 21.3 Å². The molecule has 0 aromatic carbocycles. The first-order valence-corrected chi connectivity index (χ1v) is 4.79. The molecule has 0 aromatic heterocycles. The molecule has 1 amide bonds. The van der Waals surface area contributed by atoms with E-state index in [0.29, 0.717) is 0 Å². The van der Waals surface area contributed by atoms with Crippen LogP contribution in [0.5, 0.6) is 0 Å². The van der Waals surface area contributed by atoms with Gasteiger partial charge in [0.25, 0.3) is 0 Å². The summed E-state index contributed by atoms with van der Waals surface area (Å²) in [5.74, 6) is -2.37. The SMILES string of the molecule is C[C@H](N)C([O-])=N[C@@H](C)C(=O)N[C@@H](C)C(=O)O.[Na+]. The number of carbonyl (C=O) groups excluding carboxylic acids is 1. The maximum absolute atomic E-state index is 11.4. The number of aliphatic carboxylic acids is 1. The quantitative estimate of drug-likeness (QED) is 0.257. The van der Waals surface area contributed by atoms with E-state index in [9.17, 15) is 14.7 Å². The molecule has 7 nitrogen and oxygen atoms in total. The minimum atomic E-state index is -1.15. The van der Waals surface area contributed by atoms with Crippen molar-refractivity contribution >= 4 is 17.8 Å². The van der Waals surface area contributed by atoms with Gasteiger partial charge in [0, 0.05) is 6.04 Å². The largest absolute Gasteiger partial charge is 1.00 e. The van der Waals surface area contributed by atoms with E-state index in [1.54, 1.807) is 0 Å². The van der Waals surface area contributed by atoms with Gasteiger partial charge in [-0.3, -0.25) is 14.6 Å². The fraction of sp³-hybridized carbons (Fsp3) is 0.667. The van der Waals surface area contributed by atoms with Crippen LogP contribution in [-0.4, -0.2) is 41.0 Å². The van der Waals surface area contributed by atoms with Crippen molar-refractivity contribution in [3.63, 3.8) is 0 Å². The molecule has 0 aliphatic carbocycles. The van der Waals surface area contributed by atoms with Crippen LogP contribution < -0.4 is 45.7 Å². The normalized spacial score (nSPS) is 16.4. The molecule has 0 saturated heterocycles. The Morgan fingerprint density at radius 2 is 1.82 bits per heavy atom. The standard InChI is InChI=1S/C9H17N3O4.Na/c1-4(10)7(13)11-5(2)8(14)12-6(3)9(15)16;/h4-6H,10H2,1-3H3,(H,11,13)(H,12,14)(H,15,16);/q;+1/p-1/t4-,5-,6-;/m0./s1. The number of amides is 1. The molecule has 0 radical (unpaired) electrons. The fourth-order valence-corrected chi connectivity index (χ4v) is 0.763. The van der Waals surface area contributed by atoms with Crippen LogP contribution in [0.2, 0.25) is 0 Å². The number of rotatable bonds is 5. The van der Waals surface area contributed by atoms with Gasteiger partial charge in [0.15, 0.2) is 0 Å². The number of carbonyl (C=O) groups is 2. The maximum Gasteiger partial charge on any atom is 1.00 e. The van der Waals surface area contributed by atoms with Crippen molar-refractivity contribution in [2.75, 3.05) is 0 Å². The number of nitrogens with zero attached hydrogens (tertiary/aromatic N) is 1. The van der Waals surface area contributed by atoms with E-state index in [4.69, 9.17) is 10.8 Å². The van der Waals surface area contributed by atoms with E-state index in [1.807, 2.05) is 0 Å². The monoisotopic (exact) mass is 253 g/mol. The number of hydrogen-bond donors (Lipinski definition) is 3. The molecule has 0 saturated carbocycles. The van der Waals surface area contributed by atoms with Crippen LogP contribution >= 0.6 is 0 Å². The fourth-order valence-electron chi connectivity index (χ4n) is 0.763. The van der Waals surface area contributed by atoms with Gasteiger partial charge in [0.1, 0.15) is 12.1 Å². The van der Waals surface area contributed by atoms with Crippen LogP contribution in [-0.2, 0) is 9.59 Å². The molecule has 0 unspecified atom stereocenters. The first-order chi connectivity index (χ1) is 7.25. The van der Waals surface area contributed by atoms with Gasteiger partial charge in [0.2, 0.25) is 5.91 Å². The van der Waals surface area contributed by atoms with Crippen molar-refractivity contribution in [3.8, 4) is 0 Å². The first kappa shape index (κ1) is 18.7. The Morgan fingerprint density at radius 1 is 1.35 bits per heavy atom. The summed E-state index contributed by atoms with van der Waals surface area (Å²) in [6, 6.07) is -2.73. The van der Waals surface area contributed by atoms with Crippen molar-refractivity contribution in [1.82, 2.24) is 5.32 Å². The van der Waals surface area contributed by atoms with E-state index < -0.39 is 35.9 Å². The Bertz CT molecular complexity index is 307. The number of nitrogens with two attached hydrogens (primary N) is 1. The zero-order valence-corrected chi connectivity index (χ0v) is 12.4. The number of nitrogens with one attached hydrogen (secondary N) is 1. The third-order valence-corrected chi connectivity index (χ3v) is 1.82. The summed E-state index contributed by atoms with van der Waals surface area (Å²) < 4.78 is 0. The summed E-state index contributed by atoms with van der Waals surface area (Å²) in [6.45, 7) is 4.17. The Balaban J connectivity index is 0. The van der Waals surface area contributed by atoms with E-state index in [0.717, 1.165) is 0 Å². The molecule has 0 aromatic rings. The summed E-state index contributed by atoms with van der Waals surface area (Å²) in [5.41, 5.74) is 5.26. The van der Waals surface area contributed by atoms with Gasteiger partial charge in [0.05, 0.1) is 0 Å². The molecule has 3 atom stereocenters. The molecular formula is C9H16N3NaO4. The number of carboxylic acids is 1. The summed E-state index contributed by atoms with van der Waals surface area (Å²) in [7, 11) is 0. The zero-order chi connectivity index (χ0) is 12.9. The third-order valence-electron chi connectivity index (χ3n) is 1.82. The minimum Gasteiger partial charge on any atom is -0.861 e. The van der Waals surface area contributed by atoms with Gasteiger partial charge in [-0.25, -0.2) is 0 Å². The van der Waals surface area contributed by atoms with Gasteiger partial charge >= 0.3 is 35.5 Å². The Kier molecular flexibility index (Phi) is 9.32. The van der Waals surface area contributed by atoms with Crippen molar-refractivity contribution in [2.45, 2.75) is 38.9 Å². The Morgan fingerprint density at radius 3 is 2.18 bits per heavy atom. The molecule has 0 aliphatic heterocycles. The van der Waals surface area contributed by atoms with Crippen molar-refractivity contribution in [1.29, 1.82) is 0 Å². The number of carboxylic acid groups (broad SMARTS) is 1. The van der Waals surface area contributed by atoms with E-state index >= 15 is 0 Å². The molecule has 0 aliphatic rings. The van der Waals surface area contributed by atoms with E-state index in [1.165, 1.54) is 20.8 Å². The van der Waals surface area contributed by atoms with Gasteiger partial charge in [-0.15, -0.1) is 0 Å². The molecule has 0 bridgehead atoms. The van der Waals surface area contributed by atoms with Crippen LogP contribution in [0.3, 0.4) is 0 Å². The van der Waals surface area contributed by atoms with Crippen LogP contribution in [0.15, 0.2) is 4.99 Å². The maximum atomic E-state index is 11.4. The second-order valence-corrected chi connectivity index (χ2v) is 3.50. The minimum absolute atomic E-state index is 0. The van der Waals surface area contributed by atoms with Crippen LogP contribution in [0.4, 0.5) is 0 Å². The number of aliphatic imine (C=N–C) groups is 1. The Labute approximate surface area is 122 Å². The molecule has 8 heteroatoms. The molecule has 92 valence electrons. The van der Waals surface area contributed by atoms with Crippen molar-refractivity contribution in [2.24, 2.45) is 10.7 Å². The zero-order valence-electron chi connectivity index (χ0n) is 10.4. The summed E-state index contributed by atoms with van der Waals surface area (Å²) >= 11 is 0. The Hall–Kier alpha value is -0.630. The smallest absolute Gasteiger partial charge is 0.861 e. The van der Waals surface area contributed by atoms with Gasteiger partial charge in [-0.05, 0) is 26.7 Å². The average molecular weight is 253 g/mol. The van der Waals surface area contributed by atoms with Crippen LogP contribution in [0, 0.1) is 0 Å². The van der Waals surface area contributed by atoms with Crippen LogP contribution in [0.1, 0.15) is 20.8 Å². The summed E-state index contributed by atoms with van der Waals surface area (Å²) in [6.07, 6.45) is 0. The third kappa shape index (κ3) is 7.32. The number of hydrogen-bond acceptors (Lipinski definition) is 5. The average Bonchev–Trinajstić information content (AvgIpc) is 2.16. The molecule has 4 N–H and O–H groups in total. The van der Waals surface area contributed by atoms with E-state index in [2.05, 4.69) is 10.3 Å². The summed E-state index contributed by atoms with van der Waals surface area (Å²) in [5, 5.41) is 21.8. The first-order valence-electron chi connectivity index (χ1n) is 4.79. The van der Waals surface area contributed by atoms with Crippen molar-refractivity contribution < 1.29 is 49.4 Å². The van der Waals surface area contributed by atoms with Crippen LogP contribution in [0.25, 0.3) is 0 Å². The second kappa shape index (κ2) is 8.46.